The molecule has 2 rings (SSSR count). The van der Waals surface area contributed by atoms with Crippen LogP contribution in [-0.4, -0.2) is 20.7 Å². The van der Waals surface area contributed by atoms with Gasteiger partial charge in [0, 0.05) is 7.05 Å². The highest BCUT2D eigenvalue weighted by Crippen LogP contribution is 2.22. The molecule has 7 nitrogen and oxygen atoms in total. The Kier molecular flexibility index (Phi) is 3.13. The number of nitrogens with one attached hydrogen (secondary N) is 1. The zero-order chi connectivity index (χ0) is 13.1. The molecule has 94 valence electrons. The van der Waals surface area contributed by atoms with Gasteiger partial charge in [-0.15, -0.1) is 0 Å². The van der Waals surface area contributed by atoms with Crippen molar-refractivity contribution in [2.24, 2.45) is 12.8 Å². The summed E-state index contributed by atoms with van der Waals surface area (Å²) in [6.45, 7) is 0.424. The summed E-state index contributed by atoms with van der Waals surface area (Å²) in [7, 11) is 1.79. The molecule has 0 aliphatic rings. The van der Waals surface area contributed by atoms with Gasteiger partial charge in [0.25, 0.3) is 5.91 Å². The van der Waals surface area contributed by atoms with Gasteiger partial charge in [-0.3, -0.25) is 9.48 Å². The molecular weight excluding hydrogens is 232 g/mol. The number of hydrogen-bond acceptors (Lipinski definition) is 5. The monoisotopic (exact) mass is 246 g/mol. The van der Waals surface area contributed by atoms with Gasteiger partial charge in [-0.2, -0.15) is 5.10 Å². The zero-order valence-electron chi connectivity index (χ0n) is 9.92. The lowest BCUT2D eigenvalue weighted by Gasteiger charge is -2.09. The number of nitrogens with two attached hydrogens (primary N) is 2. The Bertz CT molecular complexity index is 577. The van der Waals surface area contributed by atoms with E-state index in [0.29, 0.717) is 29.3 Å². The molecule has 1 aromatic heterocycles. The highest BCUT2D eigenvalue weighted by atomic mass is 16.1. The molecule has 1 amide bonds. The van der Waals surface area contributed by atoms with Crippen LogP contribution in [0.5, 0.6) is 0 Å². The standard InChI is InChI=1S/C11H14N6O/c1-17-6-15-9(16-17)5-14-8-4-2-3-7(10(8)12)11(13)18/h2-4,6,14H,5,12H2,1H3,(H2,13,18). The molecule has 7 heteroatoms. The van der Waals surface area contributed by atoms with E-state index in [4.69, 9.17) is 11.5 Å². The van der Waals surface area contributed by atoms with Crippen molar-refractivity contribution in [3.63, 3.8) is 0 Å². The molecule has 18 heavy (non-hydrogen) atoms. The second-order valence-electron chi connectivity index (χ2n) is 3.82. The van der Waals surface area contributed by atoms with E-state index in [1.807, 2.05) is 0 Å². The number of aromatic nitrogens is 3. The minimum atomic E-state index is -0.549. The minimum absolute atomic E-state index is 0.300. The van der Waals surface area contributed by atoms with E-state index in [9.17, 15) is 4.79 Å². The molecule has 0 spiro atoms. The van der Waals surface area contributed by atoms with Gasteiger partial charge < -0.3 is 16.8 Å². The van der Waals surface area contributed by atoms with Gasteiger partial charge in [0.15, 0.2) is 5.82 Å². The van der Waals surface area contributed by atoms with Crippen molar-refractivity contribution in [2.45, 2.75) is 6.54 Å². The van der Waals surface area contributed by atoms with E-state index in [-0.39, 0.29) is 0 Å². The predicted molar refractivity (Wildman–Crippen MR) is 67.7 cm³/mol. The number of benzene rings is 1. The Labute approximate surface area is 104 Å². The third kappa shape index (κ3) is 2.40. The second-order valence-corrected chi connectivity index (χ2v) is 3.82. The minimum Gasteiger partial charge on any atom is -0.396 e. The second kappa shape index (κ2) is 4.74. The molecule has 0 saturated heterocycles. The van der Waals surface area contributed by atoms with E-state index in [1.165, 1.54) is 0 Å². The van der Waals surface area contributed by atoms with Gasteiger partial charge in [0.05, 0.1) is 23.5 Å². The Morgan fingerprint density at radius 1 is 1.50 bits per heavy atom. The molecule has 2 aromatic rings. The third-order valence-electron chi connectivity index (χ3n) is 2.46. The van der Waals surface area contributed by atoms with Crippen LogP contribution in [0.3, 0.4) is 0 Å². The van der Waals surface area contributed by atoms with Crippen molar-refractivity contribution in [3.8, 4) is 0 Å². The fourth-order valence-electron chi connectivity index (χ4n) is 1.57. The lowest BCUT2D eigenvalue weighted by Crippen LogP contribution is -2.15. The van der Waals surface area contributed by atoms with Gasteiger partial charge >= 0.3 is 0 Å². The number of carbonyl (C=O) groups is 1. The largest absolute Gasteiger partial charge is 0.396 e. The number of para-hydroxylation sites is 1. The number of aryl methyl sites for hydroxylation is 1. The summed E-state index contributed by atoms with van der Waals surface area (Å²) in [4.78, 5) is 15.2. The van der Waals surface area contributed by atoms with Crippen molar-refractivity contribution in [2.75, 3.05) is 11.1 Å². The molecule has 0 unspecified atom stereocenters. The molecule has 0 atom stereocenters. The van der Waals surface area contributed by atoms with Gasteiger partial charge in [0.2, 0.25) is 0 Å². The summed E-state index contributed by atoms with van der Waals surface area (Å²) in [6, 6.07) is 5.07. The van der Waals surface area contributed by atoms with E-state index < -0.39 is 5.91 Å². The zero-order valence-corrected chi connectivity index (χ0v) is 9.92. The molecule has 0 fully saturated rings. The van der Waals surface area contributed by atoms with Crippen LogP contribution >= 0.6 is 0 Å². The Balaban J connectivity index is 2.14. The van der Waals surface area contributed by atoms with Crippen molar-refractivity contribution in [1.29, 1.82) is 0 Å². The number of rotatable bonds is 4. The lowest BCUT2D eigenvalue weighted by atomic mass is 10.1. The van der Waals surface area contributed by atoms with Crippen LogP contribution < -0.4 is 16.8 Å². The van der Waals surface area contributed by atoms with Crippen LogP contribution in [0.15, 0.2) is 24.5 Å². The fourth-order valence-corrected chi connectivity index (χ4v) is 1.57. The van der Waals surface area contributed by atoms with Crippen molar-refractivity contribution < 1.29 is 4.79 Å². The number of anilines is 2. The first-order valence-corrected chi connectivity index (χ1v) is 5.34. The van der Waals surface area contributed by atoms with E-state index >= 15 is 0 Å². The van der Waals surface area contributed by atoms with Crippen LogP contribution in [-0.2, 0) is 13.6 Å². The van der Waals surface area contributed by atoms with Gasteiger partial charge in [0.1, 0.15) is 6.33 Å². The molecule has 1 heterocycles. The first-order chi connectivity index (χ1) is 8.58. The summed E-state index contributed by atoms with van der Waals surface area (Å²) >= 11 is 0. The Morgan fingerprint density at radius 2 is 2.28 bits per heavy atom. The van der Waals surface area contributed by atoms with Crippen LogP contribution in [0.1, 0.15) is 16.2 Å². The third-order valence-corrected chi connectivity index (χ3v) is 2.46. The highest BCUT2D eigenvalue weighted by Gasteiger charge is 2.09. The van der Waals surface area contributed by atoms with E-state index in [0.717, 1.165) is 0 Å². The van der Waals surface area contributed by atoms with Crippen LogP contribution in [0, 0.1) is 0 Å². The molecule has 5 N–H and O–H groups in total. The number of primary amides is 1. The average molecular weight is 246 g/mol. The Hall–Kier alpha value is -2.57. The summed E-state index contributed by atoms with van der Waals surface area (Å²) in [5.74, 6) is 0.0912. The first-order valence-electron chi connectivity index (χ1n) is 5.34. The van der Waals surface area contributed by atoms with Crippen LogP contribution in [0.2, 0.25) is 0 Å². The number of nitrogen functional groups attached to an aromatic ring is 1. The maximum atomic E-state index is 11.1. The number of carbonyl (C=O) groups excluding carboxylic acids is 1. The summed E-state index contributed by atoms with van der Waals surface area (Å²) < 4.78 is 1.61. The maximum Gasteiger partial charge on any atom is 0.250 e. The molecule has 0 radical (unpaired) electrons. The number of nitrogens with zero attached hydrogens (tertiary/aromatic N) is 3. The van der Waals surface area contributed by atoms with Crippen LogP contribution in [0.4, 0.5) is 11.4 Å². The fraction of sp³-hybridized carbons (Fsp3) is 0.182. The van der Waals surface area contributed by atoms with Crippen molar-refractivity contribution in [3.05, 3.63) is 35.9 Å². The molecule has 1 aromatic carbocycles. The highest BCUT2D eigenvalue weighted by molar-refractivity contribution is 6.00. The topological polar surface area (TPSA) is 112 Å². The quantitative estimate of drug-likeness (QED) is 0.663. The average Bonchev–Trinajstić information content (AvgIpc) is 2.73. The smallest absolute Gasteiger partial charge is 0.250 e. The number of hydrogen-bond donors (Lipinski definition) is 3. The molecule has 0 aliphatic carbocycles. The first kappa shape index (κ1) is 11.9. The molecule has 0 aliphatic heterocycles. The predicted octanol–water partition coefficient (Wildman–Crippen LogP) is 0.108. The van der Waals surface area contributed by atoms with E-state index in [2.05, 4.69) is 15.4 Å². The lowest BCUT2D eigenvalue weighted by molar-refractivity contribution is 0.100. The van der Waals surface area contributed by atoms with Gasteiger partial charge in [-0.05, 0) is 12.1 Å². The summed E-state index contributed by atoms with van der Waals surface area (Å²) in [6.07, 6.45) is 1.61. The SMILES string of the molecule is Cn1cnc(CNc2cccc(C(N)=O)c2N)n1. The van der Waals surface area contributed by atoms with Crippen molar-refractivity contribution >= 4 is 17.3 Å². The molecule has 0 saturated carbocycles. The van der Waals surface area contributed by atoms with Crippen LogP contribution in [0.25, 0.3) is 0 Å². The molecule has 0 bridgehead atoms. The van der Waals surface area contributed by atoms with Gasteiger partial charge in [-0.25, -0.2) is 4.98 Å². The van der Waals surface area contributed by atoms with Crippen molar-refractivity contribution in [1.82, 2.24) is 14.8 Å². The molecular formula is C11H14N6O. The number of amides is 1. The summed E-state index contributed by atoms with van der Waals surface area (Å²) in [5, 5.41) is 7.19. The van der Waals surface area contributed by atoms with E-state index in [1.54, 1.807) is 36.3 Å². The summed E-state index contributed by atoms with van der Waals surface area (Å²) in [5.41, 5.74) is 12.3. The normalized spacial score (nSPS) is 10.3. The van der Waals surface area contributed by atoms with Gasteiger partial charge in [-0.1, -0.05) is 6.07 Å². The maximum absolute atomic E-state index is 11.1. The Morgan fingerprint density at radius 3 is 2.89 bits per heavy atom.